The third-order valence-electron chi connectivity index (χ3n) is 7.61. The van der Waals surface area contributed by atoms with Crippen LogP contribution in [0.25, 0.3) is 11.1 Å². The third kappa shape index (κ3) is 8.08. The molecule has 1 aliphatic rings. The molecule has 0 saturated carbocycles. The van der Waals surface area contributed by atoms with E-state index in [2.05, 4.69) is 25.7 Å². The van der Waals surface area contributed by atoms with E-state index in [0.717, 1.165) is 33.7 Å². The van der Waals surface area contributed by atoms with E-state index in [1.165, 1.54) is 6.07 Å². The van der Waals surface area contributed by atoms with Crippen molar-refractivity contribution < 1.29 is 27.9 Å². The number of imidazole rings is 1. The molecule has 47 heavy (non-hydrogen) atoms. The number of ether oxygens (including phenoxy) is 1. The smallest absolute Gasteiger partial charge is 0.326 e. The number of nitrogens with two attached hydrogens (primary N) is 1. The van der Waals surface area contributed by atoms with Crippen LogP contribution in [0.3, 0.4) is 0 Å². The maximum atomic E-state index is 13.9. The molecule has 3 heterocycles. The van der Waals surface area contributed by atoms with E-state index in [1.54, 1.807) is 24.0 Å². The number of hydrogen-bond donors (Lipinski definition) is 7. The van der Waals surface area contributed by atoms with Gasteiger partial charge in [-0.3, -0.25) is 14.9 Å². The first kappa shape index (κ1) is 33.4. The quantitative estimate of drug-likeness (QED) is 0.0554. The van der Waals surface area contributed by atoms with E-state index < -0.39 is 27.9 Å². The molecule has 16 heteroatoms. The summed E-state index contributed by atoms with van der Waals surface area (Å²) in [6.07, 6.45) is 4.48. The van der Waals surface area contributed by atoms with Gasteiger partial charge in [-0.1, -0.05) is 24.3 Å². The normalized spacial score (nSPS) is 13.0. The second-order valence-corrected chi connectivity index (χ2v) is 13.5. The van der Waals surface area contributed by atoms with Crippen molar-refractivity contribution >= 4 is 44.9 Å². The van der Waals surface area contributed by atoms with Crippen molar-refractivity contribution in [1.82, 2.24) is 25.5 Å². The fourth-order valence-electron chi connectivity index (χ4n) is 5.24. The number of aliphatic carboxylic acids is 1. The van der Waals surface area contributed by atoms with E-state index in [1.807, 2.05) is 41.9 Å². The van der Waals surface area contributed by atoms with Gasteiger partial charge in [0.15, 0.2) is 5.96 Å². The summed E-state index contributed by atoms with van der Waals surface area (Å²) in [6.45, 7) is 1.73. The highest BCUT2D eigenvalue weighted by Gasteiger charge is 2.30. The number of aromatic nitrogens is 2. The van der Waals surface area contributed by atoms with Gasteiger partial charge in [-0.2, -0.15) is 0 Å². The molecule has 0 bridgehead atoms. The molecule has 2 aromatic carbocycles. The van der Waals surface area contributed by atoms with Gasteiger partial charge in [0, 0.05) is 39.3 Å². The summed E-state index contributed by atoms with van der Waals surface area (Å²) in [5, 5.41) is 26.9. The zero-order chi connectivity index (χ0) is 33.6. The maximum absolute atomic E-state index is 13.9. The lowest BCUT2D eigenvalue weighted by atomic mass is 9.97. The van der Waals surface area contributed by atoms with Crippen LogP contribution in [0.1, 0.15) is 39.3 Å². The van der Waals surface area contributed by atoms with Crippen LogP contribution in [-0.4, -0.2) is 60.1 Å². The fraction of sp³-hybridized carbons (Fsp3) is 0.290. The van der Waals surface area contributed by atoms with E-state index in [-0.39, 0.29) is 40.1 Å². The number of hydrogen-bond acceptors (Lipinski definition) is 9. The number of carboxylic acid groups (broad SMARTS) is 1. The van der Waals surface area contributed by atoms with E-state index in [9.17, 15) is 23.1 Å². The number of guanidine groups is 1. The lowest BCUT2D eigenvalue weighted by molar-refractivity contribution is -0.139. The van der Waals surface area contributed by atoms with Crippen LogP contribution in [0.4, 0.5) is 5.69 Å². The molecule has 248 valence electrons. The number of fused-ring (bicyclic) bond motifs is 1. The molecule has 1 atom stereocenters. The topological polar surface area (TPSA) is 214 Å². The van der Waals surface area contributed by atoms with Crippen molar-refractivity contribution in [3.05, 3.63) is 82.1 Å². The molecular formula is C31H36N8O6S2. The van der Waals surface area contributed by atoms with Gasteiger partial charge in [0.25, 0.3) is 15.9 Å². The molecule has 8 N–H and O–H groups in total. The number of anilines is 1. The standard InChI is InChI=1S/C31H36N8O6S2/c1-39-18-35-17-22(39)16-34-15-20-5-2-3-6-23(20)21-13-19-8-11-45-27(19)26(14-21)47(43,44)38-24-9-12-46-28(24)29(40)37-25(30(41)42)7-4-10-36-31(32)33/h2-3,5-6,9,12-14,17-18,25,34,38H,4,7-8,10-11,15-16H2,1H3,(H,37,40)(H,41,42)(H4,32,33,36)/t25-/m0/s1. The Hall–Kier alpha value is -4.93. The first-order chi connectivity index (χ1) is 22.5. The van der Waals surface area contributed by atoms with Crippen LogP contribution in [0.2, 0.25) is 0 Å². The minimum atomic E-state index is -4.26. The predicted octanol–water partition coefficient (Wildman–Crippen LogP) is 2.62. The molecule has 1 amide bonds. The lowest BCUT2D eigenvalue weighted by Crippen LogP contribution is -2.41. The van der Waals surface area contributed by atoms with Gasteiger partial charge in [-0.05, 0) is 58.7 Å². The second kappa shape index (κ2) is 14.7. The summed E-state index contributed by atoms with van der Waals surface area (Å²) in [5.41, 5.74) is 9.61. The SMILES string of the molecule is Cn1cncc1CNCc1ccccc1-c1cc2c(c(S(=O)(=O)Nc3ccsc3C(=O)N[C@@H](CCCNC(=N)N)C(=O)O)c1)OCC2. The molecule has 0 radical (unpaired) electrons. The number of thiophene rings is 1. The van der Waals surface area contributed by atoms with Gasteiger partial charge in [0.2, 0.25) is 0 Å². The summed E-state index contributed by atoms with van der Waals surface area (Å²) in [5.74, 6) is -1.94. The Bertz CT molecular complexity index is 1890. The summed E-state index contributed by atoms with van der Waals surface area (Å²) in [4.78, 5) is 29.1. The third-order valence-corrected chi connectivity index (χ3v) is 9.89. The number of carboxylic acids is 1. The number of rotatable bonds is 15. The molecule has 0 spiro atoms. The first-order valence-corrected chi connectivity index (χ1v) is 17.2. The Balaban J connectivity index is 1.36. The predicted molar refractivity (Wildman–Crippen MR) is 178 cm³/mol. The molecule has 14 nitrogen and oxygen atoms in total. The summed E-state index contributed by atoms with van der Waals surface area (Å²) < 4.78 is 38.1. The Morgan fingerprint density at radius 1 is 1.21 bits per heavy atom. The van der Waals surface area contributed by atoms with Gasteiger partial charge in [-0.25, -0.2) is 18.2 Å². The van der Waals surface area contributed by atoms with Crippen molar-refractivity contribution in [3.63, 3.8) is 0 Å². The van der Waals surface area contributed by atoms with Crippen molar-refractivity contribution in [1.29, 1.82) is 5.41 Å². The summed E-state index contributed by atoms with van der Waals surface area (Å²) >= 11 is 0.982. The van der Waals surface area contributed by atoms with E-state index >= 15 is 0 Å². The van der Waals surface area contributed by atoms with Crippen molar-refractivity contribution in [3.8, 4) is 16.9 Å². The minimum absolute atomic E-state index is 0.0141. The number of benzene rings is 2. The Morgan fingerprint density at radius 3 is 2.77 bits per heavy atom. The second-order valence-electron chi connectivity index (χ2n) is 10.9. The molecule has 2 aromatic heterocycles. The molecule has 0 fully saturated rings. The highest BCUT2D eigenvalue weighted by molar-refractivity contribution is 7.92. The summed E-state index contributed by atoms with van der Waals surface area (Å²) in [6, 6.07) is 11.5. The molecule has 1 aliphatic heterocycles. The monoisotopic (exact) mass is 680 g/mol. The molecule has 5 rings (SSSR count). The van der Waals surface area contributed by atoms with Crippen LogP contribution >= 0.6 is 11.3 Å². The summed E-state index contributed by atoms with van der Waals surface area (Å²) in [7, 11) is -2.33. The first-order valence-electron chi connectivity index (χ1n) is 14.8. The Labute approximate surface area is 275 Å². The van der Waals surface area contributed by atoms with Crippen molar-refractivity contribution in [2.45, 2.75) is 43.3 Å². The van der Waals surface area contributed by atoms with Crippen LogP contribution < -0.4 is 31.1 Å². The average Bonchev–Trinajstić information content (AvgIpc) is 3.79. The zero-order valence-corrected chi connectivity index (χ0v) is 27.2. The number of amides is 1. The Morgan fingerprint density at radius 2 is 2.02 bits per heavy atom. The molecule has 0 aliphatic carbocycles. The zero-order valence-electron chi connectivity index (χ0n) is 25.6. The van der Waals surface area contributed by atoms with Crippen LogP contribution in [-0.2, 0) is 41.4 Å². The van der Waals surface area contributed by atoms with Gasteiger partial charge < -0.3 is 36.1 Å². The van der Waals surface area contributed by atoms with E-state index in [4.69, 9.17) is 15.9 Å². The highest BCUT2D eigenvalue weighted by atomic mass is 32.2. The molecule has 0 saturated heterocycles. The highest BCUT2D eigenvalue weighted by Crippen LogP contribution is 2.39. The van der Waals surface area contributed by atoms with Gasteiger partial charge >= 0.3 is 5.97 Å². The van der Waals surface area contributed by atoms with Gasteiger partial charge in [-0.15, -0.1) is 11.3 Å². The van der Waals surface area contributed by atoms with Crippen molar-refractivity contribution in [2.24, 2.45) is 12.8 Å². The fourth-order valence-corrected chi connectivity index (χ4v) is 7.34. The maximum Gasteiger partial charge on any atom is 0.326 e. The molecule has 0 unspecified atom stereocenters. The van der Waals surface area contributed by atoms with Gasteiger partial charge in [0.05, 0.1) is 24.3 Å². The number of aryl methyl sites for hydroxylation is 1. The average molecular weight is 681 g/mol. The van der Waals surface area contributed by atoms with E-state index in [0.29, 0.717) is 38.1 Å². The number of sulfonamides is 1. The molecular weight excluding hydrogens is 645 g/mol. The van der Waals surface area contributed by atoms with Gasteiger partial charge in [0.1, 0.15) is 21.6 Å². The Kier molecular flexibility index (Phi) is 10.4. The lowest BCUT2D eigenvalue weighted by Gasteiger charge is -2.17. The van der Waals surface area contributed by atoms with Crippen molar-refractivity contribution in [2.75, 3.05) is 17.9 Å². The number of carbonyl (C=O) groups excluding carboxylic acids is 1. The number of carbonyl (C=O) groups is 2. The molecule has 4 aromatic rings. The van der Waals surface area contributed by atoms with Crippen LogP contribution in [0.15, 0.2) is 65.3 Å². The van der Waals surface area contributed by atoms with Crippen LogP contribution in [0.5, 0.6) is 5.75 Å². The number of nitrogens with zero attached hydrogens (tertiary/aromatic N) is 2. The largest absolute Gasteiger partial charge is 0.492 e. The number of nitrogens with one attached hydrogen (secondary N) is 5. The van der Waals surface area contributed by atoms with Crippen LogP contribution in [0, 0.1) is 5.41 Å². The minimum Gasteiger partial charge on any atom is -0.492 e.